The second-order valence-electron chi connectivity index (χ2n) is 8.47. The van der Waals surface area contributed by atoms with E-state index in [1.165, 1.54) is 16.7 Å². The van der Waals surface area contributed by atoms with Gasteiger partial charge in [-0.15, -0.1) is 24.8 Å². The number of halogens is 2. The topological polar surface area (TPSA) is 65.7 Å². The molecule has 1 aliphatic heterocycles. The van der Waals surface area contributed by atoms with Crippen LogP contribution in [0.25, 0.3) is 11.7 Å². The maximum Gasteiger partial charge on any atom is 0.159 e. The van der Waals surface area contributed by atoms with Crippen LogP contribution >= 0.6 is 24.8 Å². The monoisotopic (exact) mass is 491 g/mol. The molecule has 6 nitrogen and oxygen atoms in total. The van der Waals surface area contributed by atoms with Crippen LogP contribution in [-0.2, 0) is 12.8 Å². The zero-order valence-electron chi connectivity index (χ0n) is 19.6. The van der Waals surface area contributed by atoms with E-state index in [4.69, 9.17) is 10.1 Å². The van der Waals surface area contributed by atoms with Crippen LogP contribution in [0.2, 0.25) is 0 Å². The SMILES string of the molecule is CCc1nn2c(C)cc(C)nc2c1Cc1ccc(C=CCN2CCNC(CO)C2)cc1.Cl.Cl. The lowest BCUT2D eigenvalue weighted by atomic mass is 10.0. The second-order valence-corrected chi connectivity index (χ2v) is 8.47. The number of aliphatic hydroxyl groups excluding tert-OH is 1. The maximum absolute atomic E-state index is 9.33. The molecule has 1 fully saturated rings. The van der Waals surface area contributed by atoms with Crippen molar-refractivity contribution in [3.8, 4) is 0 Å². The van der Waals surface area contributed by atoms with Gasteiger partial charge in [0.25, 0.3) is 0 Å². The molecule has 1 atom stereocenters. The molecule has 0 bridgehead atoms. The molecule has 0 amide bonds. The highest BCUT2D eigenvalue weighted by Crippen LogP contribution is 2.21. The van der Waals surface area contributed by atoms with Crippen molar-refractivity contribution >= 4 is 36.5 Å². The predicted octanol–water partition coefficient (Wildman–Crippen LogP) is 3.62. The third-order valence-corrected chi connectivity index (χ3v) is 6.00. The summed E-state index contributed by atoms with van der Waals surface area (Å²) in [6, 6.07) is 11.0. The smallest absolute Gasteiger partial charge is 0.159 e. The number of nitrogens with zero attached hydrogens (tertiary/aromatic N) is 4. The normalized spacial score (nSPS) is 16.7. The van der Waals surface area contributed by atoms with Crippen LogP contribution in [0.3, 0.4) is 0 Å². The van der Waals surface area contributed by atoms with Gasteiger partial charge in [0.05, 0.1) is 12.3 Å². The minimum Gasteiger partial charge on any atom is -0.395 e. The quantitative estimate of drug-likeness (QED) is 0.528. The Hall–Kier alpha value is -1.96. The Morgan fingerprint density at radius 1 is 1.18 bits per heavy atom. The molecule has 0 aliphatic carbocycles. The third kappa shape index (κ3) is 6.55. The van der Waals surface area contributed by atoms with Crippen LogP contribution in [0.4, 0.5) is 0 Å². The largest absolute Gasteiger partial charge is 0.395 e. The number of benzene rings is 1. The molecule has 1 aliphatic rings. The summed E-state index contributed by atoms with van der Waals surface area (Å²) in [6.07, 6.45) is 6.14. The molecule has 2 N–H and O–H groups in total. The van der Waals surface area contributed by atoms with Crippen LogP contribution in [0.5, 0.6) is 0 Å². The highest BCUT2D eigenvalue weighted by Gasteiger charge is 2.17. The summed E-state index contributed by atoms with van der Waals surface area (Å²) in [7, 11) is 0. The van der Waals surface area contributed by atoms with Crippen molar-refractivity contribution < 1.29 is 5.11 Å². The van der Waals surface area contributed by atoms with Crippen molar-refractivity contribution in [3.63, 3.8) is 0 Å². The van der Waals surface area contributed by atoms with Crippen LogP contribution in [0, 0.1) is 13.8 Å². The number of hydrogen-bond donors (Lipinski definition) is 2. The molecule has 2 aromatic heterocycles. The lowest BCUT2D eigenvalue weighted by molar-refractivity contribution is 0.158. The molecule has 1 aromatic carbocycles. The Kier molecular flexibility index (Phi) is 10.3. The first kappa shape index (κ1) is 27.3. The molecular weight excluding hydrogens is 457 g/mol. The number of hydrogen-bond acceptors (Lipinski definition) is 5. The summed E-state index contributed by atoms with van der Waals surface area (Å²) in [4.78, 5) is 7.15. The maximum atomic E-state index is 9.33. The first-order chi connectivity index (χ1) is 15.1. The van der Waals surface area contributed by atoms with Crippen molar-refractivity contribution in [2.45, 2.75) is 39.7 Å². The molecule has 0 saturated carbocycles. The van der Waals surface area contributed by atoms with E-state index in [0.717, 1.165) is 61.7 Å². The Morgan fingerprint density at radius 3 is 2.64 bits per heavy atom. The highest BCUT2D eigenvalue weighted by atomic mass is 35.5. The number of nitrogens with one attached hydrogen (secondary N) is 1. The molecular formula is C25H35Cl2N5O. The lowest BCUT2D eigenvalue weighted by Crippen LogP contribution is -2.52. The van der Waals surface area contributed by atoms with Crippen molar-refractivity contribution in [2.24, 2.45) is 0 Å². The van der Waals surface area contributed by atoms with Crippen molar-refractivity contribution in [1.29, 1.82) is 0 Å². The van der Waals surface area contributed by atoms with Crippen LogP contribution in [0.1, 0.15) is 40.7 Å². The van der Waals surface area contributed by atoms with Gasteiger partial charge in [-0.1, -0.05) is 43.3 Å². The summed E-state index contributed by atoms with van der Waals surface area (Å²) in [5.41, 5.74) is 7.98. The zero-order chi connectivity index (χ0) is 21.8. The van der Waals surface area contributed by atoms with Gasteiger partial charge < -0.3 is 10.4 Å². The number of aliphatic hydroxyl groups is 1. The van der Waals surface area contributed by atoms with Gasteiger partial charge in [-0.3, -0.25) is 4.90 Å². The molecule has 8 heteroatoms. The van der Waals surface area contributed by atoms with E-state index in [2.05, 4.69) is 66.5 Å². The standard InChI is InChI=1S/C25H33N5O.2ClH/c1-4-24-23(25-27-18(2)14-19(3)30(25)28-24)15-21-9-7-20(8-10-21)6-5-12-29-13-11-26-22(16-29)17-31;;/h5-10,14,22,26,31H,4,11-13,15-17H2,1-3H3;2*1H. The van der Waals surface area contributed by atoms with Gasteiger partial charge in [0, 0.05) is 55.6 Å². The summed E-state index contributed by atoms with van der Waals surface area (Å²) < 4.78 is 1.98. The van der Waals surface area contributed by atoms with E-state index < -0.39 is 0 Å². The van der Waals surface area contributed by atoms with Crippen molar-refractivity contribution in [2.75, 3.05) is 32.8 Å². The first-order valence-electron chi connectivity index (χ1n) is 11.2. The van der Waals surface area contributed by atoms with Crippen LogP contribution in [-0.4, -0.2) is 63.4 Å². The van der Waals surface area contributed by atoms with Crippen molar-refractivity contribution in [1.82, 2.24) is 24.8 Å². The number of piperazine rings is 1. The van der Waals surface area contributed by atoms with E-state index in [-0.39, 0.29) is 37.5 Å². The highest BCUT2D eigenvalue weighted by molar-refractivity contribution is 5.85. The third-order valence-electron chi connectivity index (χ3n) is 6.00. The second kappa shape index (κ2) is 12.5. The minimum absolute atomic E-state index is 0. The molecule has 4 rings (SSSR count). The molecule has 180 valence electrons. The average Bonchev–Trinajstić information content (AvgIpc) is 3.13. The Morgan fingerprint density at radius 2 is 1.94 bits per heavy atom. The molecule has 3 aromatic rings. The number of fused-ring (bicyclic) bond motifs is 1. The minimum atomic E-state index is 0. The summed E-state index contributed by atoms with van der Waals surface area (Å²) in [5.74, 6) is 0. The Labute approximate surface area is 208 Å². The van der Waals surface area contributed by atoms with E-state index >= 15 is 0 Å². The summed E-state index contributed by atoms with van der Waals surface area (Å²) in [5, 5.41) is 17.5. The Bertz CT molecular complexity index is 1060. The number of aromatic nitrogens is 3. The van der Waals surface area contributed by atoms with E-state index in [1.54, 1.807) is 0 Å². The molecule has 1 unspecified atom stereocenters. The molecule has 0 spiro atoms. The molecule has 0 radical (unpaired) electrons. The number of aryl methyl sites for hydroxylation is 3. The molecule has 33 heavy (non-hydrogen) atoms. The van der Waals surface area contributed by atoms with Crippen LogP contribution < -0.4 is 5.32 Å². The van der Waals surface area contributed by atoms with E-state index in [9.17, 15) is 5.11 Å². The zero-order valence-corrected chi connectivity index (χ0v) is 21.3. The first-order valence-corrected chi connectivity index (χ1v) is 11.2. The van der Waals surface area contributed by atoms with Gasteiger partial charge in [0.15, 0.2) is 5.65 Å². The lowest BCUT2D eigenvalue weighted by Gasteiger charge is -2.31. The molecule has 3 heterocycles. The average molecular weight is 492 g/mol. The van der Waals surface area contributed by atoms with Gasteiger partial charge in [-0.05, 0) is 37.5 Å². The summed E-state index contributed by atoms with van der Waals surface area (Å²) in [6.45, 7) is 10.2. The van der Waals surface area contributed by atoms with Gasteiger partial charge in [-0.25, -0.2) is 9.50 Å². The van der Waals surface area contributed by atoms with Crippen LogP contribution in [0.15, 0.2) is 36.4 Å². The van der Waals surface area contributed by atoms with E-state index in [1.807, 2.05) is 11.4 Å². The fourth-order valence-corrected chi connectivity index (χ4v) is 4.35. The predicted molar refractivity (Wildman–Crippen MR) is 140 cm³/mol. The van der Waals surface area contributed by atoms with Gasteiger partial charge >= 0.3 is 0 Å². The van der Waals surface area contributed by atoms with E-state index in [0.29, 0.717) is 0 Å². The van der Waals surface area contributed by atoms with Gasteiger partial charge in [0.1, 0.15) is 0 Å². The Balaban J connectivity index is 0.00000193. The fraction of sp³-hybridized carbons (Fsp3) is 0.440. The van der Waals surface area contributed by atoms with Gasteiger partial charge in [-0.2, -0.15) is 5.10 Å². The fourth-order valence-electron chi connectivity index (χ4n) is 4.35. The summed E-state index contributed by atoms with van der Waals surface area (Å²) >= 11 is 0. The van der Waals surface area contributed by atoms with Crippen molar-refractivity contribution in [3.05, 3.63) is 70.2 Å². The molecule has 1 saturated heterocycles. The van der Waals surface area contributed by atoms with Gasteiger partial charge in [0.2, 0.25) is 0 Å². The number of rotatable bonds is 7.